The summed E-state index contributed by atoms with van der Waals surface area (Å²) < 4.78 is 12.8. The van der Waals surface area contributed by atoms with Gasteiger partial charge in [-0.25, -0.2) is 15.0 Å². The highest BCUT2D eigenvalue weighted by molar-refractivity contribution is 5.89. The van der Waals surface area contributed by atoms with Crippen molar-refractivity contribution in [1.29, 1.82) is 0 Å². The van der Waals surface area contributed by atoms with Gasteiger partial charge in [0.05, 0.1) is 16.9 Å². The van der Waals surface area contributed by atoms with E-state index in [0.29, 0.717) is 16.9 Å². The van der Waals surface area contributed by atoms with E-state index in [0.717, 1.165) is 0 Å². The first-order chi connectivity index (χ1) is 9.97. The summed E-state index contributed by atoms with van der Waals surface area (Å²) in [6.45, 7) is 0. The van der Waals surface area contributed by atoms with E-state index in [-0.39, 0.29) is 11.4 Å². The number of carbonyl (C=O) groups is 1. The van der Waals surface area contributed by atoms with Crippen LogP contribution in [0, 0.1) is 5.82 Å². The largest absolute Gasteiger partial charge is 0.478 e. The van der Waals surface area contributed by atoms with Crippen LogP contribution in [0.4, 0.5) is 10.1 Å². The maximum absolute atomic E-state index is 12.8. The minimum atomic E-state index is -1.04. The van der Waals surface area contributed by atoms with Crippen LogP contribution in [0.5, 0.6) is 0 Å². The van der Waals surface area contributed by atoms with Crippen LogP contribution in [0.25, 0.3) is 5.70 Å². The molecule has 0 unspecified atom stereocenters. The van der Waals surface area contributed by atoms with Gasteiger partial charge in [0.25, 0.3) is 0 Å². The molecule has 0 saturated heterocycles. The van der Waals surface area contributed by atoms with Gasteiger partial charge in [0, 0.05) is 6.20 Å². The third-order valence-corrected chi connectivity index (χ3v) is 2.85. The van der Waals surface area contributed by atoms with Gasteiger partial charge in [-0.3, -0.25) is 5.01 Å². The fraction of sp³-hybridized carbons (Fsp3) is 0. The molecule has 0 fully saturated rings. The number of aromatic carboxylic acids is 1. The predicted molar refractivity (Wildman–Crippen MR) is 78.6 cm³/mol. The molecule has 0 aliphatic carbocycles. The molecule has 0 radical (unpaired) electrons. The number of carboxylic acid groups (broad SMARTS) is 1. The Morgan fingerprint density at radius 3 is 2.43 bits per heavy atom. The fourth-order valence-corrected chi connectivity index (χ4v) is 1.74. The summed E-state index contributed by atoms with van der Waals surface area (Å²) in [6, 6.07) is 11.8. The molecule has 0 spiro atoms. The maximum atomic E-state index is 12.8. The molecular formula is C15H14FN3O2. The highest BCUT2D eigenvalue weighted by Gasteiger charge is 2.06. The van der Waals surface area contributed by atoms with Gasteiger partial charge in [-0.05, 0) is 48.0 Å². The van der Waals surface area contributed by atoms with Crippen molar-refractivity contribution in [2.75, 3.05) is 5.01 Å². The van der Waals surface area contributed by atoms with Crippen LogP contribution in [-0.4, -0.2) is 11.1 Å². The summed E-state index contributed by atoms with van der Waals surface area (Å²) >= 11 is 0. The van der Waals surface area contributed by atoms with E-state index in [2.05, 4.69) is 0 Å². The fourth-order valence-electron chi connectivity index (χ4n) is 1.74. The van der Waals surface area contributed by atoms with Gasteiger partial charge in [-0.15, -0.1) is 0 Å². The van der Waals surface area contributed by atoms with Gasteiger partial charge in [0.2, 0.25) is 0 Å². The van der Waals surface area contributed by atoms with Crippen LogP contribution in [-0.2, 0) is 0 Å². The zero-order valence-electron chi connectivity index (χ0n) is 11.0. The first kappa shape index (κ1) is 14.5. The smallest absolute Gasteiger partial charge is 0.335 e. The van der Waals surface area contributed by atoms with Crippen LogP contribution in [0.1, 0.15) is 15.9 Å². The lowest BCUT2D eigenvalue weighted by atomic mass is 10.1. The molecule has 2 rings (SSSR count). The summed E-state index contributed by atoms with van der Waals surface area (Å²) in [6.07, 6.45) is 1.44. The van der Waals surface area contributed by atoms with E-state index in [1.165, 1.54) is 47.6 Å². The third kappa shape index (κ3) is 3.58. The van der Waals surface area contributed by atoms with E-state index in [1.54, 1.807) is 12.1 Å². The predicted octanol–water partition coefficient (Wildman–Crippen LogP) is 2.16. The highest BCUT2D eigenvalue weighted by atomic mass is 19.1. The molecule has 6 heteroatoms. The summed E-state index contributed by atoms with van der Waals surface area (Å²) in [5, 5.41) is 10.2. The van der Waals surface area contributed by atoms with Crippen molar-refractivity contribution in [3.05, 3.63) is 71.7 Å². The molecule has 21 heavy (non-hydrogen) atoms. The lowest BCUT2D eigenvalue weighted by Crippen LogP contribution is -2.25. The summed E-state index contributed by atoms with van der Waals surface area (Å²) in [5.41, 5.74) is 7.42. The standard InChI is InChI=1S/C15H14FN3O2/c16-12-6-4-10(5-7-12)14(17)9-19(18)13-3-1-2-11(8-13)15(20)21/h1-9H,17-18H2,(H,20,21)/b14-9-. The molecule has 0 aliphatic heterocycles. The van der Waals surface area contributed by atoms with Gasteiger partial charge >= 0.3 is 5.97 Å². The maximum Gasteiger partial charge on any atom is 0.335 e. The molecule has 2 aromatic carbocycles. The number of halogens is 1. The van der Waals surface area contributed by atoms with Crippen LogP contribution in [0.2, 0.25) is 0 Å². The molecule has 2 aromatic rings. The number of carboxylic acids is 1. The number of nitrogens with two attached hydrogens (primary N) is 2. The molecule has 5 nitrogen and oxygen atoms in total. The average Bonchev–Trinajstić information content (AvgIpc) is 2.48. The lowest BCUT2D eigenvalue weighted by molar-refractivity contribution is 0.0697. The van der Waals surface area contributed by atoms with E-state index >= 15 is 0 Å². The van der Waals surface area contributed by atoms with Crippen LogP contribution in [0.15, 0.2) is 54.7 Å². The molecule has 5 N–H and O–H groups in total. The van der Waals surface area contributed by atoms with E-state index in [4.69, 9.17) is 16.7 Å². The summed E-state index contributed by atoms with van der Waals surface area (Å²) in [7, 11) is 0. The van der Waals surface area contributed by atoms with E-state index in [1.807, 2.05) is 0 Å². The van der Waals surface area contributed by atoms with Crippen molar-refractivity contribution >= 4 is 17.4 Å². The minimum absolute atomic E-state index is 0.122. The zero-order valence-corrected chi connectivity index (χ0v) is 11.0. The normalized spacial score (nSPS) is 11.2. The highest BCUT2D eigenvalue weighted by Crippen LogP contribution is 2.16. The lowest BCUT2D eigenvalue weighted by Gasteiger charge is -2.15. The minimum Gasteiger partial charge on any atom is -0.478 e. The van der Waals surface area contributed by atoms with Gasteiger partial charge in [-0.2, -0.15) is 0 Å². The monoisotopic (exact) mass is 287 g/mol. The van der Waals surface area contributed by atoms with Crippen molar-refractivity contribution in [1.82, 2.24) is 0 Å². The van der Waals surface area contributed by atoms with Gasteiger partial charge < -0.3 is 10.8 Å². The van der Waals surface area contributed by atoms with Gasteiger partial charge in [-0.1, -0.05) is 6.07 Å². The molecule has 0 amide bonds. The Bertz CT molecular complexity index is 684. The van der Waals surface area contributed by atoms with Crippen molar-refractivity contribution in [2.45, 2.75) is 0 Å². The number of benzene rings is 2. The Morgan fingerprint density at radius 1 is 1.14 bits per heavy atom. The quantitative estimate of drug-likeness (QED) is 0.592. The molecule has 0 heterocycles. The molecule has 0 aliphatic rings. The number of anilines is 1. The Kier molecular flexibility index (Phi) is 4.20. The number of hydrogen-bond donors (Lipinski definition) is 3. The summed E-state index contributed by atoms with van der Waals surface area (Å²) in [5.74, 6) is 4.44. The van der Waals surface area contributed by atoms with Crippen LogP contribution >= 0.6 is 0 Å². The first-order valence-corrected chi connectivity index (χ1v) is 6.08. The number of hydrazine groups is 1. The SMILES string of the molecule is N/C(=C\N(N)c1cccc(C(=O)O)c1)c1ccc(F)cc1. The van der Waals surface area contributed by atoms with Gasteiger partial charge in [0.15, 0.2) is 0 Å². The number of hydrogen-bond acceptors (Lipinski definition) is 4. The molecule has 0 atom stereocenters. The second kappa shape index (κ2) is 6.06. The van der Waals surface area contributed by atoms with Crippen molar-refractivity contribution < 1.29 is 14.3 Å². The van der Waals surface area contributed by atoms with E-state index < -0.39 is 5.97 Å². The first-order valence-electron chi connectivity index (χ1n) is 6.08. The zero-order chi connectivity index (χ0) is 15.4. The van der Waals surface area contributed by atoms with Gasteiger partial charge in [0.1, 0.15) is 5.82 Å². The Labute approximate surface area is 120 Å². The number of nitrogens with zero attached hydrogens (tertiary/aromatic N) is 1. The van der Waals surface area contributed by atoms with Crippen LogP contribution in [0.3, 0.4) is 0 Å². The second-order valence-corrected chi connectivity index (χ2v) is 4.35. The van der Waals surface area contributed by atoms with Crippen molar-refractivity contribution in [3.8, 4) is 0 Å². The van der Waals surface area contributed by atoms with Crippen molar-refractivity contribution in [3.63, 3.8) is 0 Å². The van der Waals surface area contributed by atoms with Crippen molar-refractivity contribution in [2.24, 2.45) is 11.6 Å². The Morgan fingerprint density at radius 2 is 1.81 bits per heavy atom. The number of rotatable bonds is 4. The molecule has 108 valence electrons. The second-order valence-electron chi connectivity index (χ2n) is 4.35. The van der Waals surface area contributed by atoms with E-state index in [9.17, 15) is 9.18 Å². The molecule has 0 bridgehead atoms. The Hall–Kier alpha value is -2.86. The molecular weight excluding hydrogens is 273 g/mol. The average molecular weight is 287 g/mol. The third-order valence-electron chi connectivity index (χ3n) is 2.85. The molecule has 0 saturated carbocycles. The molecule has 0 aromatic heterocycles. The topological polar surface area (TPSA) is 92.6 Å². The Balaban J connectivity index is 2.25. The van der Waals surface area contributed by atoms with Crippen LogP contribution < -0.4 is 16.6 Å². The summed E-state index contributed by atoms with van der Waals surface area (Å²) in [4.78, 5) is 10.9.